The predicted octanol–water partition coefficient (Wildman–Crippen LogP) is 3.16. The third-order valence-corrected chi connectivity index (χ3v) is 3.34. The van der Waals surface area contributed by atoms with Crippen molar-refractivity contribution in [1.82, 2.24) is 10.1 Å². The van der Waals surface area contributed by atoms with Crippen molar-refractivity contribution in [1.29, 1.82) is 0 Å². The molecule has 0 saturated heterocycles. The molecule has 0 aliphatic heterocycles. The monoisotopic (exact) mass is 394 g/mol. The van der Waals surface area contributed by atoms with Crippen LogP contribution in [0.5, 0.6) is 0 Å². The van der Waals surface area contributed by atoms with Crippen LogP contribution in [0.1, 0.15) is 18.9 Å². The summed E-state index contributed by atoms with van der Waals surface area (Å²) >= 11 is 5.63. The minimum atomic E-state index is -0.723. The fourth-order valence-corrected chi connectivity index (χ4v) is 2.08. The highest BCUT2D eigenvalue weighted by atomic mass is 127. The molecule has 0 bridgehead atoms. The lowest BCUT2D eigenvalue weighted by Crippen LogP contribution is -1.93. The molecule has 2 aromatic rings. The number of rotatable bonds is 2. The number of aliphatic hydroxyl groups is 1. The first-order valence-electron chi connectivity index (χ1n) is 4.55. The normalized spacial score (nSPS) is 12.8. The van der Waals surface area contributed by atoms with Gasteiger partial charge in [0.25, 0.3) is 5.89 Å². The summed E-state index contributed by atoms with van der Waals surface area (Å²) in [4.78, 5) is 4.12. The maximum Gasteiger partial charge on any atom is 0.259 e. The molecular weight excluding hydrogens is 387 g/mol. The zero-order valence-corrected chi connectivity index (χ0v) is 12.1. The Morgan fingerprint density at radius 3 is 2.88 bits per heavy atom. The minimum absolute atomic E-state index is 0.292. The highest BCUT2D eigenvalue weighted by Gasteiger charge is 2.14. The van der Waals surface area contributed by atoms with Gasteiger partial charge in [0.15, 0.2) is 5.82 Å². The van der Waals surface area contributed by atoms with Crippen molar-refractivity contribution in [2.24, 2.45) is 0 Å². The van der Waals surface area contributed by atoms with E-state index in [4.69, 9.17) is 4.52 Å². The molecule has 1 aromatic heterocycles. The van der Waals surface area contributed by atoms with E-state index in [2.05, 4.69) is 48.7 Å². The first-order valence-corrected chi connectivity index (χ1v) is 6.42. The van der Waals surface area contributed by atoms with Crippen LogP contribution in [0.4, 0.5) is 0 Å². The average molecular weight is 395 g/mol. The summed E-state index contributed by atoms with van der Waals surface area (Å²) in [5.41, 5.74) is 0.825. The molecule has 4 nitrogen and oxygen atoms in total. The number of nitrogens with zero attached hydrogens (tertiary/aromatic N) is 2. The molecule has 0 aliphatic carbocycles. The average Bonchev–Trinajstić information content (AvgIpc) is 2.70. The second-order valence-electron chi connectivity index (χ2n) is 3.26. The summed E-state index contributed by atoms with van der Waals surface area (Å²) in [5, 5.41) is 13.0. The molecule has 6 heteroatoms. The van der Waals surface area contributed by atoms with Crippen molar-refractivity contribution in [3.8, 4) is 11.5 Å². The van der Waals surface area contributed by atoms with Gasteiger partial charge in [-0.25, -0.2) is 0 Å². The van der Waals surface area contributed by atoms with Crippen molar-refractivity contribution in [3.63, 3.8) is 0 Å². The van der Waals surface area contributed by atoms with Gasteiger partial charge in [-0.2, -0.15) is 4.98 Å². The largest absolute Gasteiger partial charge is 0.385 e. The van der Waals surface area contributed by atoms with Gasteiger partial charge >= 0.3 is 0 Å². The van der Waals surface area contributed by atoms with Crippen LogP contribution in [0.2, 0.25) is 0 Å². The summed E-state index contributed by atoms with van der Waals surface area (Å²) in [7, 11) is 0. The molecule has 0 aliphatic rings. The van der Waals surface area contributed by atoms with E-state index >= 15 is 0 Å². The van der Waals surface area contributed by atoms with Crippen LogP contribution in [0.15, 0.2) is 27.2 Å². The molecule has 0 saturated carbocycles. The fourth-order valence-electron chi connectivity index (χ4n) is 1.18. The van der Waals surface area contributed by atoms with E-state index < -0.39 is 6.10 Å². The first-order chi connectivity index (χ1) is 7.58. The van der Waals surface area contributed by atoms with Crippen LogP contribution >= 0.6 is 38.5 Å². The third-order valence-electron chi connectivity index (χ3n) is 1.97. The summed E-state index contributed by atoms with van der Waals surface area (Å²) < 4.78 is 7.05. The van der Waals surface area contributed by atoms with E-state index in [0.717, 1.165) is 13.6 Å². The van der Waals surface area contributed by atoms with Crippen molar-refractivity contribution in [2.75, 3.05) is 0 Å². The lowest BCUT2D eigenvalue weighted by Gasteiger charge is -1.99. The summed E-state index contributed by atoms with van der Waals surface area (Å²) in [6.07, 6.45) is -0.723. The second-order valence-corrected chi connectivity index (χ2v) is 5.36. The van der Waals surface area contributed by atoms with Crippen LogP contribution in [0.25, 0.3) is 11.5 Å². The van der Waals surface area contributed by atoms with E-state index in [1.807, 2.05) is 18.2 Å². The smallest absolute Gasteiger partial charge is 0.259 e. The van der Waals surface area contributed by atoms with Gasteiger partial charge in [0, 0.05) is 8.04 Å². The van der Waals surface area contributed by atoms with Crippen LogP contribution < -0.4 is 0 Å². The van der Waals surface area contributed by atoms with Gasteiger partial charge in [-0.05, 0) is 63.6 Å². The van der Waals surface area contributed by atoms with Gasteiger partial charge in [0.05, 0.1) is 5.56 Å². The molecule has 84 valence electrons. The SMILES string of the molecule is CC(O)c1noc(-c2cc(I)ccc2Br)n1. The van der Waals surface area contributed by atoms with E-state index in [1.165, 1.54) is 0 Å². The molecule has 0 spiro atoms. The second kappa shape index (κ2) is 4.80. The number of aliphatic hydroxyl groups excluding tert-OH is 1. The first kappa shape index (κ1) is 12.0. The Bertz CT molecular complexity index is 513. The molecule has 2 rings (SSSR count). The lowest BCUT2D eigenvalue weighted by molar-refractivity contribution is 0.184. The summed E-state index contributed by atoms with van der Waals surface area (Å²) in [5.74, 6) is 0.696. The Hall–Kier alpha value is -0.470. The van der Waals surface area contributed by atoms with Gasteiger partial charge < -0.3 is 9.63 Å². The molecule has 0 radical (unpaired) electrons. The Kier molecular flexibility index (Phi) is 3.60. The van der Waals surface area contributed by atoms with Gasteiger partial charge in [0.2, 0.25) is 0 Å². The molecular formula is C10H8BrIN2O2. The number of hydrogen-bond donors (Lipinski definition) is 1. The van der Waals surface area contributed by atoms with E-state index in [0.29, 0.717) is 11.7 Å². The Morgan fingerprint density at radius 2 is 2.25 bits per heavy atom. The fraction of sp³-hybridized carbons (Fsp3) is 0.200. The minimum Gasteiger partial charge on any atom is -0.385 e. The number of halogens is 2. The number of aromatic nitrogens is 2. The van der Waals surface area contributed by atoms with Crippen molar-refractivity contribution >= 4 is 38.5 Å². The summed E-state index contributed by atoms with van der Waals surface area (Å²) in [6, 6.07) is 5.83. The van der Waals surface area contributed by atoms with Crippen molar-refractivity contribution in [2.45, 2.75) is 13.0 Å². The Balaban J connectivity index is 2.46. The van der Waals surface area contributed by atoms with Gasteiger partial charge in [-0.1, -0.05) is 5.16 Å². The van der Waals surface area contributed by atoms with Crippen LogP contribution in [0, 0.1) is 3.57 Å². The van der Waals surface area contributed by atoms with Gasteiger partial charge in [-0.3, -0.25) is 0 Å². The zero-order valence-electron chi connectivity index (χ0n) is 8.32. The van der Waals surface area contributed by atoms with Crippen molar-refractivity contribution < 1.29 is 9.63 Å². The molecule has 16 heavy (non-hydrogen) atoms. The highest BCUT2D eigenvalue weighted by molar-refractivity contribution is 14.1. The standard InChI is InChI=1S/C10H8BrIN2O2/c1-5(15)9-13-10(16-14-9)7-4-6(12)2-3-8(7)11/h2-5,15H,1H3. The highest BCUT2D eigenvalue weighted by Crippen LogP contribution is 2.29. The number of benzene rings is 1. The maximum atomic E-state index is 9.31. The number of hydrogen-bond acceptors (Lipinski definition) is 4. The molecule has 1 aromatic carbocycles. The molecule has 1 N–H and O–H groups in total. The maximum absolute atomic E-state index is 9.31. The van der Waals surface area contributed by atoms with Crippen LogP contribution in [-0.2, 0) is 0 Å². The topological polar surface area (TPSA) is 59.2 Å². The van der Waals surface area contributed by atoms with Gasteiger partial charge in [-0.15, -0.1) is 0 Å². The quantitative estimate of drug-likeness (QED) is 0.795. The lowest BCUT2D eigenvalue weighted by atomic mass is 10.2. The third kappa shape index (κ3) is 2.44. The molecule has 1 atom stereocenters. The molecule has 1 unspecified atom stereocenters. The van der Waals surface area contributed by atoms with Gasteiger partial charge in [0.1, 0.15) is 6.10 Å². The molecule has 0 amide bonds. The molecule has 1 heterocycles. The van der Waals surface area contributed by atoms with E-state index in [-0.39, 0.29) is 0 Å². The Morgan fingerprint density at radius 1 is 1.50 bits per heavy atom. The van der Waals surface area contributed by atoms with Crippen LogP contribution in [-0.4, -0.2) is 15.2 Å². The predicted molar refractivity (Wildman–Crippen MR) is 70.8 cm³/mol. The zero-order chi connectivity index (χ0) is 11.7. The Labute approximate surface area is 114 Å². The van der Waals surface area contributed by atoms with E-state index in [1.54, 1.807) is 6.92 Å². The van der Waals surface area contributed by atoms with E-state index in [9.17, 15) is 5.11 Å². The van der Waals surface area contributed by atoms with Crippen LogP contribution in [0.3, 0.4) is 0 Å². The summed E-state index contributed by atoms with van der Waals surface area (Å²) in [6.45, 7) is 1.60. The molecule has 0 fully saturated rings. The van der Waals surface area contributed by atoms with Crippen molar-refractivity contribution in [3.05, 3.63) is 32.1 Å².